The molecule has 0 saturated heterocycles. The Kier molecular flexibility index (Phi) is 6.35. The van der Waals surface area contributed by atoms with Gasteiger partial charge in [-0.05, 0) is 33.4 Å². The SMILES string of the molecule is CCCCn1cc(C)nc1NC(CN(C)C)C(C)C. The molecule has 1 unspecified atom stereocenters. The van der Waals surface area contributed by atoms with Crippen molar-refractivity contribution in [1.82, 2.24) is 14.5 Å². The van der Waals surface area contributed by atoms with E-state index in [-0.39, 0.29) is 0 Å². The van der Waals surface area contributed by atoms with Crippen molar-refractivity contribution in [3.63, 3.8) is 0 Å². The summed E-state index contributed by atoms with van der Waals surface area (Å²) in [6.07, 6.45) is 4.55. The van der Waals surface area contributed by atoms with Gasteiger partial charge in [-0.3, -0.25) is 0 Å². The van der Waals surface area contributed by atoms with Crippen molar-refractivity contribution in [2.75, 3.05) is 26.0 Å². The fourth-order valence-electron chi connectivity index (χ4n) is 2.14. The van der Waals surface area contributed by atoms with Gasteiger partial charge < -0.3 is 14.8 Å². The highest BCUT2D eigenvalue weighted by atomic mass is 15.2. The molecule has 1 aromatic heterocycles. The highest BCUT2D eigenvalue weighted by molar-refractivity contribution is 5.30. The molecule has 0 saturated carbocycles. The lowest BCUT2D eigenvalue weighted by atomic mass is 10.0. The zero-order valence-electron chi connectivity index (χ0n) is 13.4. The Bertz CT molecular complexity index is 368. The van der Waals surface area contributed by atoms with Crippen LogP contribution in [0, 0.1) is 12.8 Å². The third kappa shape index (κ3) is 5.23. The number of hydrogen-bond donors (Lipinski definition) is 1. The van der Waals surface area contributed by atoms with Crippen LogP contribution in [0.25, 0.3) is 0 Å². The van der Waals surface area contributed by atoms with E-state index in [1.54, 1.807) is 0 Å². The van der Waals surface area contributed by atoms with Gasteiger partial charge in [0.25, 0.3) is 0 Å². The van der Waals surface area contributed by atoms with E-state index in [1.165, 1.54) is 12.8 Å². The van der Waals surface area contributed by atoms with Crippen molar-refractivity contribution >= 4 is 5.95 Å². The van der Waals surface area contributed by atoms with Crippen LogP contribution in [0.15, 0.2) is 6.20 Å². The molecule has 4 nitrogen and oxygen atoms in total. The molecule has 1 atom stereocenters. The summed E-state index contributed by atoms with van der Waals surface area (Å²) in [5.74, 6) is 1.60. The monoisotopic (exact) mass is 266 g/mol. The average Bonchev–Trinajstić information content (AvgIpc) is 2.65. The van der Waals surface area contributed by atoms with Gasteiger partial charge in [0.1, 0.15) is 0 Å². The van der Waals surface area contributed by atoms with E-state index < -0.39 is 0 Å². The van der Waals surface area contributed by atoms with Crippen LogP contribution in [0.3, 0.4) is 0 Å². The number of unbranched alkanes of at least 4 members (excludes halogenated alkanes) is 1. The molecule has 0 aliphatic heterocycles. The number of likely N-dealkylation sites (N-methyl/N-ethyl adjacent to an activating group) is 1. The van der Waals surface area contributed by atoms with Gasteiger partial charge in [0.2, 0.25) is 5.95 Å². The largest absolute Gasteiger partial charge is 0.351 e. The zero-order valence-corrected chi connectivity index (χ0v) is 13.4. The van der Waals surface area contributed by atoms with Crippen molar-refractivity contribution in [3.8, 4) is 0 Å². The van der Waals surface area contributed by atoms with Crippen LogP contribution in [-0.2, 0) is 6.54 Å². The first kappa shape index (κ1) is 16.0. The molecule has 19 heavy (non-hydrogen) atoms. The van der Waals surface area contributed by atoms with Gasteiger partial charge in [-0.1, -0.05) is 27.2 Å². The first-order valence-electron chi connectivity index (χ1n) is 7.39. The lowest BCUT2D eigenvalue weighted by Crippen LogP contribution is -2.37. The molecular weight excluding hydrogens is 236 g/mol. The molecule has 0 radical (unpaired) electrons. The van der Waals surface area contributed by atoms with Crippen molar-refractivity contribution in [2.45, 2.75) is 53.1 Å². The normalized spacial score (nSPS) is 13.3. The third-order valence-corrected chi connectivity index (χ3v) is 3.33. The van der Waals surface area contributed by atoms with E-state index in [0.29, 0.717) is 12.0 Å². The maximum atomic E-state index is 4.63. The highest BCUT2D eigenvalue weighted by Gasteiger charge is 2.17. The Morgan fingerprint density at radius 2 is 2.05 bits per heavy atom. The van der Waals surface area contributed by atoms with Crippen LogP contribution in [-0.4, -0.2) is 41.1 Å². The first-order valence-corrected chi connectivity index (χ1v) is 7.39. The van der Waals surface area contributed by atoms with Crippen LogP contribution in [0.1, 0.15) is 39.3 Å². The minimum atomic E-state index is 0.428. The standard InChI is InChI=1S/C15H30N4/c1-7-8-9-19-10-13(4)16-15(19)17-14(12(2)3)11-18(5)6/h10,12,14H,7-9,11H2,1-6H3,(H,16,17). The van der Waals surface area contributed by atoms with Gasteiger partial charge in [0.15, 0.2) is 0 Å². The van der Waals surface area contributed by atoms with E-state index in [1.807, 2.05) is 0 Å². The van der Waals surface area contributed by atoms with E-state index in [0.717, 1.165) is 24.7 Å². The summed E-state index contributed by atoms with van der Waals surface area (Å²) in [4.78, 5) is 6.85. The number of aromatic nitrogens is 2. The molecule has 0 aromatic carbocycles. The summed E-state index contributed by atoms with van der Waals surface area (Å²) in [6, 6.07) is 0.428. The molecule has 1 N–H and O–H groups in total. The molecule has 0 aliphatic carbocycles. The summed E-state index contributed by atoms with van der Waals surface area (Å²) in [5, 5.41) is 3.62. The molecule has 0 aliphatic rings. The Hall–Kier alpha value is -1.03. The third-order valence-electron chi connectivity index (χ3n) is 3.33. The van der Waals surface area contributed by atoms with Gasteiger partial charge in [0, 0.05) is 25.3 Å². The summed E-state index contributed by atoms with van der Waals surface area (Å²) in [7, 11) is 4.23. The molecule has 0 fully saturated rings. The van der Waals surface area contributed by atoms with Crippen molar-refractivity contribution in [3.05, 3.63) is 11.9 Å². The number of rotatable bonds is 8. The second kappa shape index (κ2) is 7.53. The Balaban J connectivity index is 2.77. The molecule has 1 aromatic rings. The summed E-state index contributed by atoms with van der Waals surface area (Å²) >= 11 is 0. The van der Waals surface area contributed by atoms with E-state index >= 15 is 0 Å². The number of nitrogens with zero attached hydrogens (tertiary/aromatic N) is 3. The van der Waals surface area contributed by atoms with Gasteiger partial charge >= 0.3 is 0 Å². The maximum Gasteiger partial charge on any atom is 0.203 e. The summed E-state index contributed by atoms with van der Waals surface area (Å²) < 4.78 is 2.25. The first-order chi connectivity index (χ1) is 8.93. The molecule has 110 valence electrons. The average molecular weight is 266 g/mol. The smallest absolute Gasteiger partial charge is 0.203 e. The topological polar surface area (TPSA) is 33.1 Å². The molecular formula is C15H30N4. The quantitative estimate of drug-likeness (QED) is 0.785. The van der Waals surface area contributed by atoms with Crippen LogP contribution < -0.4 is 5.32 Å². The molecule has 0 bridgehead atoms. The molecule has 4 heteroatoms. The van der Waals surface area contributed by atoms with Crippen molar-refractivity contribution in [1.29, 1.82) is 0 Å². The predicted molar refractivity (Wildman–Crippen MR) is 82.7 cm³/mol. The molecule has 1 heterocycles. The van der Waals surface area contributed by atoms with Crippen LogP contribution in [0.2, 0.25) is 0 Å². The maximum absolute atomic E-state index is 4.63. The Labute approximate surface area is 118 Å². The summed E-state index contributed by atoms with van der Waals surface area (Å²) in [5.41, 5.74) is 1.09. The fraction of sp³-hybridized carbons (Fsp3) is 0.800. The lowest BCUT2D eigenvalue weighted by molar-refractivity contribution is 0.343. The Morgan fingerprint density at radius 3 is 2.58 bits per heavy atom. The van der Waals surface area contributed by atoms with Gasteiger partial charge in [-0.25, -0.2) is 4.98 Å². The van der Waals surface area contributed by atoms with Gasteiger partial charge in [-0.2, -0.15) is 0 Å². The summed E-state index contributed by atoms with van der Waals surface area (Å²) in [6.45, 7) is 10.9. The molecule has 0 amide bonds. The lowest BCUT2D eigenvalue weighted by Gasteiger charge is -2.26. The predicted octanol–water partition coefficient (Wildman–Crippen LogP) is 2.99. The number of anilines is 1. The van der Waals surface area contributed by atoms with Gasteiger partial charge in [-0.15, -0.1) is 0 Å². The van der Waals surface area contributed by atoms with Crippen LogP contribution in [0.4, 0.5) is 5.95 Å². The van der Waals surface area contributed by atoms with Crippen LogP contribution in [0.5, 0.6) is 0 Å². The second-order valence-corrected chi connectivity index (χ2v) is 6.01. The number of aryl methyl sites for hydroxylation is 2. The highest BCUT2D eigenvalue weighted by Crippen LogP contribution is 2.15. The van der Waals surface area contributed by atoms with Crippen molar-refractivity contribution < 1.29 is 0 Å². The van der Waals surface area contributed by atoms with Gasteiger partial charge in [0.05, 0.1) is 5.69 Å². The van der Waals surface area contributed by atoms with E-state index in [2.05, 4.69) is 67.8 Å². The van der Waals surface area contributed by atoms with Crippen LogP contribution >= 0.6 is 0 Å². The number of imidazole rings is 1. The number of hydrogen-bond acceptors (Lipinski definition) is 3. The zero-order chi connectivity index (χ0) is 14.4. The minimum absolute atomic E-state index is 0.428. The van der Waals surface area contributed by atoms with Crippen molar-refractivity contribution in [2.24, 2.45) is 5.92 Å². The minimum Gasteiger partial charge on any atom is -0.351 e. The number of nitrogens with one attached hydrogen (secondary N) is 1. The van der Waals surface area contributed by atoms with E-state index in [9.17, 15) is 0 Å². The molecule has 0 spiro atoms. The van der Waals surface area contributed by atoms with E-state index in [4.69, 9.17) is 0 Å². The fourth-order valence-corrected chi connectivity index (χ4v) is 2.14. The Morgan fingerprint density at radius 1 is 1.37 bits per heavy atom. The molecule has 1 rings (SSSR count). The second-order valence-electron chi connectivity index (χ2n) is 6.01.